The molecule has 0 aromatic carbocycles. The van der Waals surface area contributed by atoms with Crippen LogP contribution in [0.5, 0.6) is 0 Å². The molecule has 4 atom stereocenters. The van der Waals surface area contributed by atoms with Gasteiger partial charge < -0.3 is 10.7 Å². The Morgan fingerprint density at radius 2 is 2.12 bits per heavy atom. The highest BCUT2D eigenvalue weighted by atomic mass is 16.5. The third kappa shape index (κ3) is 3.76. The highest BCUT2D eigenvalue weighted by molar-refractivity contribution is 5.80. The van der Waals surface area contributed by atoms with Crippen LogP contribution in [0.25, 0.3) is 11.2 Å². The second-order valence-electron chi connectivity index (χ2n) is 10.8. The summed E-state index contributed by atoms with van der Waals surface area (Å²) in [6.07, 6.45) is 15.8. The lowest BCUT2D eigenvalue weighted by Gasteiger charge is -2.58. The van der Waals surface area contributed by atoms with Gasteiger partial charge in [0, 0.05) is 0 Å². The van der Waals surface area contributed by atoms with Crippen LogP contribution in [0.15, 0.2) is 36.0 Å². The Morgan fingerprint density at radius 3 is 2.88 bits per heavy atom. The zero-order valence-electron chi connectivity index (χ0n) is 20.6. The maximum absolute atomic E-state index is 11.4. The molecule has 4 rings (SSSR count). The van der Waals surface area contributed by atoms with Crippen LogP contribution in [-0.4, -0.2) is 14.5 Å². The van der Waals surface area contributed by atoms with Crippen molar-refractivity contribution < 1.29 is 4.57 Å². The maximum atomic E-state index is 11.4. The summed E-state index contributed by atoms with van der Waals surface area (Å²) in [4.78, 5) is 8.43. The van der Waals surface area contributed by atoms with Crippen molar-refractivity contribution in [1.82, 2.24) is 14.5 Å². The van der Waals surface area contributed by atoms with Crippen LogP contribution < -0.4 is 10.0 Å². The molecule has 0 amide bonds. The summed E-state index contributed by atoms with van der Waals surface area (Å²) < 4.78 is 3.99. The Kier molecular flexibility index (Phi) is 6.19. The van der Waals surface area contributed by atoms with Crippen LogP contribution >= 0.6 is 0 Å². The van der Waals surface area contributed by atoms with Crippen molar-refractivity contribution in [1.29, 1.82) is 0 Å². The van der Waals surface area contributed by atoms with Crippen molar-refractivity contribution >= 4 is 17.0 Å². The lowest BCUT2D eigenvalue weighted by molar-refractivity contribution is -0.647. The number of aromatic nitrogens is 4. The fourth-order valence-electron chi connectivity index (χ4n) is 6.58. The van der Waals surface area contributed by atoms with Gasteiger partial charge in [0.15, 0.2) is 18.5 Å². The second-order valence-corrected chi connectivity index (χ2v) is 10.8. The molecule has 2 aliphatic rings. The standard InChI is InChI=1S/C26H39N5O/c1-18(12-15-31-17-30(6)24-22(31)23(29-32)27-16-28-24)10-13-25(4)20(3)11-14-26(5)19(2)8-7-9-21(25)26/h8,12,16-17,20-21H,7,9-11,13-15H2,1-6H3,(H-,27,28,29,32)/b18-12+/t20-,21-,25+,26+/m1/s1. The maximum Gasteiger partial charge on any atom is 0.307 e. The number of rotatable bonds is 6. The first-order chi connectivity index (χ1) is 15.2. The van der Waals surface area contributed by atoms with Crippen molar-refractivity contribution in [2.45, 2.75) is 79.7 Å². The first-order valence-corrected chi connectivity index (χ1v) is 12.1. The monoisotopic (exact) mass is 437 g/mol. The van der Waals surface area contributed by atoms with Gasteiger partial charge in [0.05, 0.1) is 13.6 Å². The molecular weight excluding hydrogens is 398 g/mol. The van der Waals surface area contributed by atoms with Crippen LogP contribution in [0.3, 0.4) is 0 Å². The quantitative estimate of drug-likeness (QED) is 0.358. The summed E-state index contributed by atoms with van der Waals surface area (Å²) in [6.45, 7) is 12.9. The van der Waals surface area contributed by atoms with Gasteiger partial charge in [-0.1, -0.05) is 49.1 Å². The predicted molar refractivity (Wildman–Crippen MR) is 130 cm³/mol. The number of anilines is 1. The van der Waals surface area contributed by atoms with Crippen molar-refractivity contribution in [2.24, 2.45) is 29.7 Å². The van der Waals surface area contributed by atoms with Crippen LogP contribution in [0.1, 0.15) is 73.1 Å². The largest absolute Gasteiger partial charge is 0.760 e. The molecule has 0 saturated heterocycles. The highest BCUT2D eigenvalue weighted by Crippen LogP contribution is 2.61. The fraction of sp³-hybridized carbons (Fsp3) is 0.654. The Labute approximate surface area is 192 Å². The van der Waals surface area contributed by atoms with E-state index >= 15 is 0 Å². The van der Waals surface area contributed by atoms with Crippen LogP contribution in [0.2, 0.25) is 0 Å². The molecule has 6 heteroatoms. The van der Waals surface area contributed by atoms with Gasteiger partial charge in [0.1, 0.15) is 0 Å². The number of nitrogens with one attached hydrogen (secondary N) is 1. The van der Waals surface area contributed by atoms with Gasteiger partial charge in [-0.2, -0.15) is 4.98 Å². The van der Waals surface area contributed by atoms with Gasteiger partial charge >= 0.3 is 5.65 Å². The SMILES string of the molecule is CC1=CCC[C@@H]2[C@@](C)(CC/C(C)=C/Cn3c[n+](C)c4ncnc(N[O-])c43)[C@H](C)CC[C@@]12C. The van der Waals surface area contributed by atoms with E-state index in [1.54, 1.807) is 5.57 Å². The number of imidazole rings is 1. The number of aryl methyl sites for hydroxylation is 1. The minimum Gasteiger partial charge on any atom is -0.760 e. The van der Waals surface area contributed by atoms with E-state index < -0.39 is 0 Å². The molecule has 0 bridgehead atoms. The fourth-order valence-corrected chi connectivity index (χ4v) is 6.58. The van der Waals surface area contributed by atoms with Gasteiger partial charge in [-0.25, -0.2) is 4.57 Å². The lowest BCUT2D eigenvalue weighted by atomic mass is 9.47. The molecule has 32 heavy (non-hydrogen) atoms. The van der Waals surface area contributed by atoms with Crippen molar-refractivity contribution in [3.8, 4) is 0 Å². The molecule has 2 aromatic rings. The van der Waals surface area contributed by atoms with Crippen molar-refractivity contribution in [3.63, 3.8) is 0 Å². The third-order valence-electron chi connectivity index (χ3n) is 9.12. The van der Waals surface area contributed by atoms with E-state index in [-0.39, 0.29) is 0 Å². The average Bonchev–Trinajstić information content (AvgIpc) is 3.11. The molecule has 2 aromatic heterocycles. The molecular formula is C26H39N5O. The van der Waals surface area contributed by atoms with E-state index in [4.69, 9.17) is 0 Å². The Balaban J connectivity index is 1.51. The Morgan fingerprint density at radius 1 is 1.34 bits per heavy atom. The first kappa shape index (κ1) is 23.0. The molecule has 174 valence electrons. The third-order valence-corrected chi connectivity index (χ3v) is 9.12. The van der Waals surface area contributed by atoms with Crippen molar-refractivity contribution in [2.75, 3.05) is 5.48 Å². The van der Waals surface area contributed by atoms with Gasteiger partial charge in [0.25, 0.3) is 0 Å². The second kappa shape index (κ2) is 8.62. The summed E-state index contributed by atoms with van der Waals surface area (Å²) in [5.74, 6) is 1.85. The first-order valence-electron chi connectivity index (χ1n) is 12.1. The summed E-state index contributed by atoms with van der Waals surface area (Å²) in [6, 6.07) is 0. The van der Waals surface area contributed by atoms with Crippen molar-refractivity contribution in [3.05, 3.63) is 41.2 Å². The Hall–Kier alpha value is -2.21. The number of allylic oxidation sites excluding steroid dienone is 4. The van der Waals surface area contributed by atoms with E-state index in [0.29, 0.717) is 23.2 Å². The molecule has 0 radical (unpaired) electrons. The normalized spacial score (nSPS) is 30.8. The topological polar surface area (TPSA) is 69.7 Å². The minimum atomic E-state index is 0.324. The van der Waals surface area contributed by atoms with Crippen LogP contribution in [0.4, 0.5) is 5.82 Å². The van der Waals surface area contributed by atoms with E-state index in [9.17, 15) is 5.21 Å². The van der Waals surface area contributed by atoms with Gasteiger partial charge in [-0.3, -0.25) is 4.57 Å². The van der Waals surface area contributed by atoms with Gasteiger partial charge in [-0.05, 0) is 75.0 Å². The zero-order chi connectivity index (χ0) is 23.1. The van der Waals surface area contributed by atoms with E-state index in [1.165, 1.54) is 44.0 Å². The summed E-state index contributed by atoms with van der Waals surface area (Å²) in [5.41, 5.74) is 7.25. The molecule has 6 nitrogen and oxygen atoms in total. The van der Waals surface area contributed by atoms with E-state index in [2.05, 4.69) is 61.3 Å². The smallest absolute Gasteiger partial charge is 0.307 e. The lowest BCUT2D eigenvalue weighted by Crippen LogP contribution is -2.49. The predicted octanol–water partition coefficient (Wildman–Crippen LogP) is 5.69. The average molecular weight is 438 g/mol. The number of nitrogens with zero attached hydrogens (tertiary/aromatic N) is 4. The summed E-state index contributed by atoms with van der Waals surface area (Å²) >= 11 is 0. The Bertz CT molecular complexity index is 1050. The number of hydrogen-bond donors (Lipinski definition) is 1. The summed E-state index contributed by atoms with van der Waals surface area (Å²) in [7, 11) is 1.94. The van der Waals surface area contributed by atoms with E-state index in [0.717, 1.165) is 29.4 Å². The molecule has 1 fully saturated rings. The molecule has 2 aliphatic carbocycles. The van der Waals surface area contributed by atoms with Gasteiger partial charge in [-0.15, -0.1) is 0 Å². The summed E-state index contributed by atoms with van der Waals surface area (Å²) in [5, 5.41) is 11.4. The molecule has 2 heterocycles. The van der Waals surface area contributed by atoms with Gasteiger partial charge in [0.2, 0.25) is 5.52 Å². The van der Waals surface area contributed by atoms with Crippen LogP contribution in [0, 0.1) is 27.9 Å². The van der Waals surface area contributed by atoms with E-state index in [1.807, 2.05) is 23.4 Å². The molecule has 1 saturated carbocycles. The highest BCUT2D eigenvalue weighted by Gasteiger charge is 2.52. The van der Waals surface area contributed by atoms with Crippen LogP contribution in [-0.2, 0) is 13.6 Å². The molecule has 0 spiro atoms. The number of fused-ring (bicyclic) bond motifs is 2. The zero-order valence-corrected chi connectivity index (χ0v) is 20.6. The molecule has 0 aliphatic heterocycles. The molecule has 1 N–H and O–H groups in total. The minimum absolute atomic E-state index is 0.324. The number of hydrogen-bond acceptors (Lipinski definition) is 4. The molecule has 0 unspecified atom stereocenters.